The smallest absolute Gasteiger partial charge is 0.232 e. The number of nitrogens with zero attached hydrogens (tertiary/aromatic N) is 4. The first-order chi connectivity index (χ1) is 12.7. The van der Waals surface area contributed by atoms with Crippen molar-refractivity contribution in [1.29, 1.82) is 0 Å². The van der Waals surface area contributed by atoms with Crippen LogP contribution in [-0.4, -0.2) is 34.7 Å². The zero-order valence-corrected chi connectivity index (χ0v) is 14.7. The van der Waals surface area contributed by atoms with E-state index in [0.29, 0.717) is 46.8 Å². The molecule has 1 atom stereocenters. The summed E-state index contributed by atoms with van der Waals surface area (Å²) in [6.07, 6.45) is 1.97. The quantitative estimate of drug-likeness (QED) is 0.700. The van der Waals surface area contributed by atoms with Gasteiger partial charge in [0.05, 0.1) is 18.1 Å². The molecule has 3 aromatic rings. The Kier molecular flexibility index (Phi) is 4.30. The molecular formula is C18H15ClN4O3. The molecule has 132 valence electrons. The maximum Gasteiger partial charge on any atom is 0.232 e. The molecule has 0 spiro atoms. The fourth-order valence-electron chi connectivity index (χ4n) is 2.95. The monoisotopic (exact) mass is 370 g/mol. The molecule has 0 saturated carbocycles. The van der Waals surface area contributed by atoms with Crippen LogP contribution in [-0.2, 0) is 4.79 Å². The molecule has 0 N–H and O–H groups in total. The van der Waals surface area contributed by atoms with Gasteiger partial charge in [0.2, 0.25) is 17.6 Å². The molecule has 7 nitrogen and oxygen atoms in total. The van der Waals surface area contributed by atoms with Crippen molar-refractivity contribution in [3.63, 3.8) is 0 Å². The molecule has 2 aromatic heterocycles. The van der Waals surface area contributed by atoms with Crippen LogP contribution < -0.4 is 9.64 Å². The van der Waals surface area contributed by atoms with Crippen molar-refractivity contribution < 1.29 is 14.1 Å². The summed E-state index contributed by atoms with van der Waals surface area (Å²) < 4.78 is 10.5. The maximum absolute atomic E-state index is 12.5. The topological polar surface area (TPSA) is 81.3 Å². The van der Waals surface area contributed by atoms with Crippen LogP contribution in [0.2, 0.25) is 5.02 Å². The highest BCUT2D eigenvalue weighted by molar-refractivity contribution is 6.32. The summed E-state index contributed by atoms with van der Waals surface area (Å²) in [6, 6.07) is 10.7. The molecule has 0 radical (unpaired) electrons. The molecule has 1 fully saturated rings. The van der Waals surface area contributed by atoms with Gasteiger partial charge in [0.1, 0.15) is 11.4 Å². The molecule has 1 amide bonds. The number of pyridine rings is 1. The predicted molar refractivity (Wildman–Crippen MR) is 95.2 cm³/mol. The predicted octanol–water partition coefficient (Wildman–Crippen LogP) is 3.31. The Labute approximate surface area is 154 Å². The van der Waals surface area contributed by atoms with Crippen molar-refractivity contribution in [3.05, 3.63) is 53.5 Å². The first kappa shape index (κ1) is 16.5. The summed E-state index contributed by atoms with van der Waals surface area (Å²) in [5.74, 6) is 1.22. The molecule has 1 aliphatic heterocycles. The second-order valence-corrected chi connectivity index (χ2v) is 6.30. The molecule has 0 unspecified atom stereocenters. The molecule has 8 heteroatoms. The summed E-state index contributed by atoms with van der Waals surface area (Å²) in [4.78, 5) is 22.7. The van der Waals surface area contributed by atoms with Crippen LogP contribution in [0.15, 0.2) is 47.1 Å². The first-order valence-electron chi connectivity index (χ1n) is 8.04. The van der Waals surface area contributed by atoms with E-state index in [2.05, 4.69) is 15.1 Å². The summed E-state index contributed by atoms with van der Waals surface area (Å²) in [7, 11) is 1.55. The zero-order valence-electron chi connectivity index (χ0n) is 13.9. The number of rotatable bonds is 4. The van der Waals surface area contributed by atoms with Gasteiger partial charge in [-0.05, 0) is 30.3 Å². The molecule has 1 saturated heterocycles. The van der Waals surface area contributed by atoms with Gasteiger partial charge in [0, 0.05) is 24.8 Å². The highest BCUT2D eigenvalue weighted by Gasteiger charge is 2.35. The normalized spacial score (nSPS) is 16.9. The first-order valence-corrected chi connectivity index (χ1v) is 8.42. The number of anilines is 1. The number of aromatic nitrogens is 3. The Balaban J connectivity index is 1.55. The van der Waals surface area contributed by atoms with Crippen molar-refractivity contribution >= 4 is 23.2 Å². The summed E-state index contributed by atoms with van der Waals surface area (Å²) in [5.41, 5.74) is 1.35. The highest BCUT2D eigenvalue weighted by Crippen LogP contribution is 2.35. The number of amides is 1. The van der Waals surface area contributed by atoms with Gasteiger partial charge in [-0.2, -0.15) is 4.98 Å². The van der Waals surface area contributed by atoms with Crippen LogP contribution in [0.4, 0.5) is 5.69 Å². The van der Waals surface area contributed by atoms with Crippen molar-refractivity contribution in [2.24, 2.45) is 0 Å². The molecule has 0 aliphatic carbocycles. The minimum Gasteiger partial charge on any atom is -0.495 e. The minimum absolute atomic E-state index is 0.0196. The molecule has 0 bridgehead atoms. The van der Waals surface area contributed by atoms with Crippen LogP contribution in [0.5, 0.6) is 5.75 Å². The number of hydrogen-bond donors (Lipinski definition) is 0. The van der Waals surface area contributed by atoms with Gasteiger partial charge in [-0.25, -0.2) is 0 Å². The summed E-state index contributed by atoms with van der Waals surface area (Å²) >= 11 is 6.17. The molecule has 1 aromatic carbocycles. The van der Waals surface area contributed by atoms with Gasteiger partial charge >= 0.3 is 0 Å². The molecule has 3 heterocycles. The van der Waals surface area contributed by atoms with E-state index < -0.39 is 0 Å². The lowest BCUT2D eigenvalue weighted by molar-refractivity contribution is -0.117. The van der Waals surface area contributed by atoms with E-state index in [9.17, 15) is 4.79 Å². The van der Waals surface area contributed by atoms with Crippen molar-refractivity contribution in [3.8, 4) is 17.3 Å². The third kappa shape index (κ3) is 3.01. The Bertz CT molecular complexity index is 945. The zero-order chi connectivity index (χ0) is 18.1. The fraction of sp³-hybridized carbons (Fsp3) is 0.222. The van der Waals surface area contributed by atoms with Gasteiger partial charge in [-0.3, -0.25) is 9.78 Å². The van der Waals surface area contributed by atoms with Crippen LogP contribution in [0.25, 0.3) is 11.5 Å². The number of benzene rings is 1. The van der Waals surface area contributed by atoms with Gasteiger partial charge in [-0.1, -0.05) is 22.8 Å². The standard InChI is InChI=1S/C18H15ClN4O3/c1-25-15-6-5-12(9-13(15)19)23-10-11(8-16(23)24)18-21-17(22-26-18)14-4-2-3-7-20-14/h2-7,9,11H,8,10H2,1H3/t11-/m1/s1. The number of hydrogen-bond acceptors (Lipinski definition) is 6. The van der Waals surface area contributed by atoms with Crippen LogP contribution in [0.3, 0.4) is 0 Å². The third-order valence-electron chi connectivity index (χ3n) is 4.26. The molecule has 26 heavy (non-hydrogen) atoms. The lowest BCUT2D eigenvalue weighted by Crippen LogP contribution is -2.24. The Morgan fingerprint density at radius 1 is 1.31 bits per heavy atom. The highest BCUT2D eigenvalue weighted by atomic mass is 35.5. The number of ether oxygens (including phenoxy) is 1. The second kappa shape index (κ2) is 6.76. The van der Waals surface area contributed by atoms with E-state index >= 15 is 0 Å². The lowest BCUT2D eigenvalue weighted by Gasteiger charge is -2.17. The SMILES string of the molecule is COc1ccc(N2C[C@H](c3nc(-c4ccccn4)no3)CC2=O)cc1Cl. The van der Waals surface area contributed by atoms with Crippen LogP contribution >= 0.6 is 11.6 Å². The van der Waals surface area contributed by atoms with E-state index in [4.69, 9.17) is 20.9 Å². The number of methoxy groups -OCH3 is 1. The maximum atomic E-state index is 12.5. The minimum atomic E-state index is -0.173. The van der Waals surface area contributed by atoms with Crippen LogP contribution in [0, 0.1) is 0 Å². The van der Waals surface area contributed by atoms with E-state index in [1.165, 1.54) is 0 Å². The Hall–Kier alpha value is -2.93. The van der Waals surface area contributed by atoms with Gasteiger partial charge in [-0.15, -0.1) is 0 Å². The molecular weight excluding hydrogens is 356 g/mol. The van der Waals surface area contributed by atoms with E-state index in [0.717, 1.165) is 0 Å². The van der Waals surface area contributed by atoms with Crippen molar-refractivity contribution in [2.45, 2.75) is 12.3 Å². The Morgan fingerprint density at radius 3 is 2.92 bits per heavy atom. The number of carbonyl (C=O) groups excluding carboxylic acids is 1. The summed E-state index contributed by atoms with van der Waals surface area (Å²) in [5, 5.41) is 4.43. The average Bonchev–Trinajstić information content (AvgIpc) is 3.29. The van der Waals surface area contributed by atoms with E-state index in [1.807, 2.05) is 12.1 Å². The van der Waals surface area contributed by atoms with Crippen molar-refractivity contribution in [2.75, 3.05) is 18.6 Å². The number of halogens is 1. The van der Waals surface area contributed by atoms with Gasteiger partial charge in [0.15, 0.2) is 0 Å². The van der Waals surface area contributed by atoms with E-state index in [-0.39, 0.29) is 11.8 Å². The second-order valence-electron chi connectivity index (χ2n) is 5.90. The number of carbonyl (C=O) groups is 1. The summed E-state index contributed by atoms with van der Waals surface area (Å²) in [6.45, 7) is 0.450. The largest absolute Gasteiger partial charge is 0.495 e. The van der Waals surface area contributed by atoms with Crippen LogP contribution in [0.1, 0.15) is 18.2 Å². The van der Waals surface area contributed by atoms with Gasteiger partial charge in [0.25, 0.3) is 0 Å². The third-order valence-corrected chi connectivity index (χ3v) is 4.55. The van der Waals surface area contributed by atoms with Crippen molar-refractivity contribution in [1.82, 2.24) is 15.1 Å². The Morgan fingerprint density at radius 2 is 2.19 bits per heavy atom. The molecule has 4 rings (SSSR count). The van der Waals surface area contributed by atoms with E-state index in [1.54, 1.807) is 42.5 Å². The fourth-order valence-corrected chi connectivity index (χ4v) is 3.20. The lowest BCUT2D eigenvalue weighted by atomic mass is 10.1. The van der Waals surface area contributed by atoms with Gasteiger partial charge < -0.3 is 14.2 Å². The molecule has 1 aliphatic rings. The average molecular weight is 371 g/mol.